The Hall–Kier alpha value is -1.10. The van der Waals surface area contributed by atoms with Crippen molar-refractivity contribution in [3.63, 3.8) is 0 Å². The van der Waals surface area contributed by atoms with Gasteiger partial charge in [-0.1, -0.05) is 25.1 Å². The number of carbonyl (C=O) groups is 1. The molecule has 2 rings (SSSR count). The first-order valence-electron chi connectivity index (χ1n) is 6.82. The predicted molar refractivity (Wildman–Crippen MR) is 85.4 cm³/mol. The molecular formula is C15H24ClN3O. The van der Waals surface area contributed by atoms with Crippen LogP contribution in [0, 0.1) is 5.41 Å². The Labute approximate surface area is 127 Å². The van der Waals surface area contributed by atoms with E-state index >= 15 is 0 Å². The van der Waals surface area contributed by atoms with Crippen LogP contribution in [0.25, 0.3) is 0 Å². The zero-order chi connectivity index (χ0) is 13.7. The second-order valence-corrected chi connectivity index (χ2v) is 5.82. The molecule has 1 saturated heterocycles. The van der Waals surface area contributed by atoms with Crippen molar-refractivity contribution >= 4 is 24.0 Å². The third-order valence-electron chi connectivity index (χ3n) is 3.58. The van der Waals surface area contributed by atoms with Crippen molar-refractivity contribution in [1.29, 1.82) is 0 Å². The third kappa shape index (κ3) is 5.12. The van der Waals surface area contributed by atoms with Crippen LogP contribution >= 0.6 is 12.4 Å². The number of anilines is 1. The van der Waals surface area contributed by atoms with Crippen LogP contribution in [0.5, 0.6) is 0 Å². The molecule has 0 radical (unpaired) electrons. The van der Waals surface area contributed by atoms with Gasteiger partial charge in [-0.15, -0.1) is 12.4 Å². The first-order chi connectivity index (χ1) is 9.07. The second kappa shape index (κ2) is 7.62. The maximum Gasteiger partial charge on any atom is 0.238 e. The number of nitrogens with one attached hydrogen (secondary N) is 2. The Morgan fingerprint density at radius 1 is 1.40 bits per heavy atom. The van der Waals surface area contributed by atoms with Crippen molar-refractivity contribution in [3.05, 3.63) is 30.3 Å². The highest BCUT2D eigenvalue weighted by atomic mass is 35.5. The van der Waals surface area contributed by atoms with E-state index in [1.54, 1.807) is 0 Å². The van der Waals surface area contributed by atoms with E-state index in [-0.39, 0.29) is 18.3 Å². The number of nitrogens with zero attached hydrogens (tertiary/aromatic N) is 1. The summed E-state index contributed by atoms with van der Waals surface area (Å²) in [5, 5.41) is 6.30. The fourth-order valence-electron chi connectivity index (χ4n) is 2.68. The molecule has 1 aliphatic rings. The molecule has 1 fully saturated rings. The molecule has 1 aromatic carbocycles. The van der Waals surface area contributed by atoms with E-state index in [9.17, 15) is 4.79 Å². The van der Waals surface area contributed by atoms with E-state index in [2.05, 4.69) is 22.5 Å². The fourth-order valence-corrected chi connectivity index (χ4v) is 2.68. The van der Waals surface area contributed by atoms with Crippen LogP contribution in [0.15, 0.2) is 30.3 Å². The minimum Gasteiger partial charge on any atom is -0.325 e. The number of amides is 1. The Morgan fingerprint density at radius 3 is 2.70 bits per heavy atom. The summed E-state index contributed by atoms with van der Waals surface area (Å²) in [4.78, 5) is 14.0. The molecule has 1 aliphatic heterocycles. The summed E-state index contributed by atoms with van der Waals surface area (Å²) >= 11 is 0. The molecule has 1 aromatic rings. The van der Waals surface area contributed by atoms with Crippen molar-refractivity contribution in [2.45, 2.75) is 13.3 Å². The van der Waals surface area contributed by atoms with E-state index in [0.717, 1.165) is 25.3 Å². The Morgan fingerprint density at radius 2 is 2.10 bits per heavy atom. The molecule has 1 heterocycles. The summed E-state index contributed by atoms with van der Waals surface area (Å²) in [6.07, 6.45) is 1.18. The molecule has 112 valence electrons. The molecule has 20 heavy (non-hydrogen) atoms. The molecule has 2 N–H and O–H groups in total. The van der Waals surface area contributed by atoms with Gasteiger partial charge in [-0.05, 0) is 37.6 Å². The van der Waals surface area contributed by atoms with Crippen LogP contribution in [0.3, 0.4) is 0 Å². The summed E-state index contributed by atoms with van der Waals surface area (Å²) in [7, 11) is 2.01. The molecule has 0 spiro atoms. The first-order valence-corrected chi connectivity index (χ1v) is 6.82. The number of halogens is 1. The quantitative estimate of drug-likeness (QED) is 0.873. The summed E-state index contributed by atoms with van der Waals surface area (Å²) in [5.74, 6) is 0.0447. The van der Waals surface area contributed by atoms with Gasteiger partial charge in [0, 0.05) is 18.8 Å². The van der Waals surface area contributed by atoms with Crippen molar-refractivity contribution in [2.75, 3.05) is 38.5 Å². The third-order valence-corrected chi connectivity index (χ3v) is 3.58. The van der Waals surface area contributed by atoms with Crippen LogP contribution in [-0.4, -0.2) is 44.0 Å². The van der Waals surface area contributed by atoms with Crippen molar-refractivity contribution < 1.29 is 4.79 Å². The topological polar surface area (TPSA) is 44.4 Å². The predicted octanol–water partition coefficient (Wildman–Crippen LogP) is 1.98. The lowest BCUT2D eigenvalue weighted by molar-refractivity contribution is -0.117. The molecule has 5 heteroatoms. The van der Waals surface area contributed by atoms with Crippen molar-refractivity contribution in [3.8, 4) is 0 Å². The summed E-state index contributed by atoms with van der Waals surface area (Å²) in [5.41, 5.74) is 1.15. The largest absolute Gasteiger partial charge is 0.325 e. The highest BCUT2D eigenvalue weighted by Crippen LogP contribution is 2.25. The van der Waals surface area contributed by atoms with Gasteiger partial charge in [0.2, 0.25) is 5.91 Å². The van der Waals surface area contributed by atoms with Gasteiger partial charge in [0.25, 0.3) is 0 Å². The molecule has 4 nitrogen and oxygen atoms in total. The lowest BCUT2D eigenvalue weighted by atomic mass is 9.89. The van der Waals surface area contributed by atoms with Gasteiger partial charge in [0.05, 0.1) is 6.54 Å². The molecule has 0 bridgehead atoms. The van der Waals surface area contributed by atoms with Crippen molar-refractivity contribution in [1.82, 2.24) is 10.2 Å². The average Bonchev–Trinajstić information content (AvgIpc) is 2.76. The molecule has 0 saturated carbocycles. The Kier molecular flexibility index (Phi) is 6.46. The van der Waals surface area contributed by atoms with Crippen LogP contribution < -0.4 is 10.6 Å². The highest BCUT2D eigenvalue weighted by molar-refractivity contribution is 5.92. The van der Waals surface area contributed by atoms with Gasteiger partial charge in [0.1, 0.15) is 0 Å². The van der Waals surface area contributed by atoms with E-state index in [1.807, 2.05) is 37.4 Å². The van der Waals surface area contributed by atoms with E-state index in [4.69, 9.17) is 0 Å². The van der Waals surface area contributed by atoms with Gasteiger partial charge in [0.15, 0.2) is 0 Å². The highest BCUT2D eigenvalue weighted by Gasteiger charge is 2.29. The minimum absolute atomic E-state index is 0. The van der Waals surface area contributed by atoms with E-state index in [0.29, 0.717) is 12.0 Å². The van der Waals surface area contributed by atoms with Gasteiger partial charge < -0.3 is 10.6 Å². The average molecular weight is 298 g/mol. The second-order valence-electron chi connectivity index (χ2n) is 5.82. The van der Waals surface area contributed by atoms with Crippen LogP contribution in [-0.2, 0) is 4.79 Å². The van der Waals surface area contributed by atoms with Gasteiger partial charge >= 0.3 is 0 Å². The maximum atomic E-state index is 11.9. The van der Waals surface area contributed by atoms with Crippen LogP contribution in [0.2, 0.25) is 0 Å². The molecule has 1 atom stereocenters. The van der Waals surface area contributed by atoms with Crippen LogP contribution in [0.1, 0.15) is 13.3 Å². The SMILES string of the molecule is CN(CC(=O)Nc1ccccc1)CC1(C)CCNC1.Cl. The van der Waals surface area contributed by atoms with Gasteiger partial charge in [-0.25, -0.2) is 0 Å². The summed E-state index contributed by atoms with van der Waals surface area (Å²) in [6, 6.07) is 9.59. The number of hydrogen-bond donors (Lipinski definition) is 2. The van der Waals surface area contributed by atoms with E-state index in [1.165, 1.54) is 6.42 Å². The smallest absolute Gasteiger partial charge is 0.238 e. The Balaban J connectivity index is 0.00000200. The number of likely N-dealkylation sites (N-methyl/N-ethyl adjacent to an activating group) is 1. The van der Waals surface area contributed by atoms with Crippen molar-refractivity contribution in [2.24, 2.45) is 5.41 Å². The summed E-state index contributed by atoms with van der Waals surface area (Å²) in [6.45, 7) is 5.78. The zero-order valence-electron chi connectivity index (χ0n) is 12.2. The number of para-hydroxylation sites is 1. The number of benzene rings is 1. The first kappa shape index (κ1) is 17.0. The van der Waals surface area contributed by atoms with Crippen LogP contribution in [0.4, 0.5) is 5.69 Å². The normalized spacial score (nSPS) is 21.6. The lowest BCUT2D eigenvalue weighted by Crippen LogP contribution is -2.39. The molecule has 0 aromatic heterocycles. The minimum atomic E-state index is 0. The standard InChI is InChI=1S/C15H23N3O.ClH/c1-15(8-9-16-11-15)12-18(2)10-14(19)17-13-6-4-3-5-7-13;/h3-7,16H,8-12H2,1-2H3,(H,17,19);1H. The monoisotopic (exact) mass is 297 g/mol. The number of rotatable bonds is 5. The molecule has 0 aliphatic carbocycles. The molecule has 1 unspecified atom stereocenters. The Bertz CT molecular complexity index is 418. The number of hydrogen-bond acceptors (Lipinski definition) is 3. The maximum absolute atomic E-state index is 11.9. The molecule has 1 amide bonds. The molecular weight excluding hydrogens is 274 g/mol. The summed E-state index contributed by atoms with van der Waals surface area (Å²) < 4.78 is 0. The zero-order valence-corrected chi connectivity index (χ0v) is 13.0. The fraction of sp³-hybridized carbons (Fsp3) is 0.533. The number of carbonyl (C=O) groups excluding carboxylic acids is 1. The van der Waals surface area contributed by atoms with E-state index < -0.39 is 0 Å². The lowest BCUT2D eigenvalue weighted by Gasteiger charge is -2.28. The van der Waals surface area contributed by atoms with Gasteiger partial charge in [-0.2, -0.15) is 0 Å². The van der Waals surface area contributed by atoms with Gasteiger partial charge in [-0.3, -0.25) is 9.69 Å².